The molecule has 0 bridgehead atoms. The van der Waals surface area contributed by atoms with E-state index in [-0.39, 0.29) is 0 Å². The van der Waals surface area contributed by atoms with Crippen molar-refractivity contribution in [1.82, 2.24) is 0 Å². The third kappa shape index (κ3) is 1.19. The normalized spacial score (nSPS) is 17.7. The molecule has 4 heteroatoms. The molecule has 74 valence electrons. The van der Waals surface area contributed by atoms with E-state index in [4.69, 9.17) is 5.73 Å². The summed E-state index contributed by atoms with van der Waals surface area (Å²) in [5.74, 6) is 0. The van der Waals surface area contributed by atoms with Crippen molar-refractivity contribution in [1.29, 1.82) is 0 Å². The van der Waals surface area contributed by atoms with Gasteiger partial charge in [0.25, 0.3) is 0 Å². The Labute approximate surface area is 83.2 Å². The van der Waals surface area contributed by atoms with E-state index in [0.29, 0.717) is 16.3 Å². The van der Waals surface area contributed by atoms with Crippen LogP contribution in [0.15, 0.2) is 28.0 Å². The van der Waals surface area contributed by atoms with E-state index < -0.39 is 9.84 Å². The van der Waals surface area contributed by atoms with Gasteiger partial charge in [-0.25, -0.2) is 8.42 Å². The molecule has 0 saturated carbocycles. The highest BCUT2D eigenvalue weighted by molar-refractivity contribution is 7.95. The first kappa shape index (κ1) is 9.43. The quantitative estimate of drug-likeness (QED) is 0.758. The fraction of sp³-hybridized carbons (Fsp3) is 0.200. The van der Waals surface area contributed by atoms with Crippen molar-refractivity contribution in [3.63, 3.8) is 0 Å². The summed E-state index contributed by atoms with van der Waals surface area (Å²) in [6.07, 6.45) is 1.68. The summed E-state index contributed by atoms with van der Waals surface area (Å²) in [5.41, 5.74) is 7.18. The van der Waals surface area contributed by atoms with Crippen LogP contribution in [0, 0.1) is 0 Å². The fourth-order valence-electron chi connectivity index (χ4n) is 1.55. The first-order valence-corrected chi connectivity index (χ1v) is 5.80. The molecule has 0 saturated heterocycles. The maximum Gasteiger partial charge on any atom is 0.203 e. The highest BCUT2D eigenvalue weighted by Crippen LogP contribution is 2.32. The number of hydrogen-bond donors (Lipinski definition) is 1. The number of sulfone groups is 1. The van der Waals surface area contributed by atoms with Gasteiger partial charge in [-0.15, -0.1) is 0 Å². The molecule has 14 heavy (non-hydrogen) atoms. The molecule has 1 aliphatic heterocycles. The first-order chi connectivity index (χ1) is 6.55. The van der Waals surface area contributed by atoms with E-state index in [2.05, 4.69) is 0 Å². The van der Waals surface area contributed by atoms with Crippen LogP contribution in [0.4, 0.5) is 0 Å². The van der Waals surface area contributed by atoms with Crippen LogP contribution in [0.2, 0.25) is 0 Å². The smallest absolute Gasteiger partial charge is 0.203 e. The van der Waals surface area contributed by atoms with Gasteiger partial charge in [-0.3, -0.25) is 0 Å². The molecule has 0 atom stereocenters. The van der Waals surface area contributed by atoms with E-state index in [9.17, 15) is 8.42 Å². The third-order valence-corrected chi connectivity index (χ3v) is 4.30. The molecule has 1 aromatic carbocycles. The molecule has 0 unspecified atom stereocenters. The minimum atomic E-state index is -3.19. The van der Waals surface area contributed by atoms with Gasteiger partial charge in [0.1, 0.15) is 0 Å². The molecular weight excluding hydrogens is 198 g/mol. The molecule has 2 rings (SSSR count). The standard InChI is InChI=1S/C10H11NO2S/c1-7-4-9-5-8(6-11)2-3-10(9)14(7,12)13/h2-5H,6,11H2,1H3. The second-order valence-electron chi connectivity index (χ2n) is 3.33. The molecule has 0 fully saturated rings. The van der Waals surface area contributed by atoms with Crippen molar-refractivity contribution in [2.75, 3.05) is 0 Å². The zero-order valence-electron chi connectivity index (χ0n) is 7.82. The monoisotopic (exact) mass is 209 g/mol. The topological polar surface area (TPSA) is 60.2 Å². The molecule has 0 radical (unpaired) electrons. The number of benzene rings is 1. The van der Waals surface area contributed by atoms with Crippen molar-refractivity contribution in [2.24, 2.45) is 5.73 Å². The van der Waals surface area contributed by atoms with Gasteiger partial charge in [-0.05, 0) is 36.3 Å². The van der Waals surface area contributed by atoms with Gasteiger partial charge < -0.3 is 5.73 Å². The lowest BCUT2D eigenvalue weighted by Crippen LogP contribution is -2.00. The van der Waals surface area contributed by atoms with Gasteiger partial charge >= 0.3 is 0 Å². The van der Waals surface area contributed by atoms with Crippen LogP contribution in [0.25, 0.3) is 6.08 Å². The predicted octanol–water partition coefficient (Wildman–Crippen LogP) is 1.29. The zero-order valence-corrected chi connectivity index (χ0v) is 8.64. The lowest BCUT2D eigenvalue weighted by molar-refractivity contribution is 0.603. The Bertz CT molecular complexity index is 515. The lowest BCUT2D eigenvalue weighted by Gasteiger charge is -2.01. The summed E-state index contributed by atoms with van der Waals surface area (Å²) in [6.45, 7) is 2.04. The minimum Gasteiger partial charge on any atom is -0.326 e. The van der Waals surface area contributed by atoms with Gasteiger partial charge in [0.2, 0.25) is 9.84 Å². The molecule has 0 aromatic heterocycles. The number of rotatable bonds is 1. The summed E-state index contributed by atoms with van der Waals surface area (Å²) in [7, 11) is -3.19. The summed E-state index contributed by atoms with van der Waals surface area (Å²) in [4.78, 5) is 0.800. The Morgan fingerprint density at radius 3 is 2.71 bits per heavy atom. The highest BCUT2D eigenvalue weighted by Gasteiger charge is 2.25. The lowest BCUT2D eigenvalue weighted by atomic mass is 10.1. The van der Waals surface area contributed by atoms with Crippen LogP contribution in [0.1, 0.15) is 18.1 Å². The van der Waals surface area contributed by atoms with Crippen LogP contribution >= 0.6 is 0 Å². The predicted molar refractivity (Wildman–Crippen MR) is 55.2 cm³/mol. The Morgan fingerprint density at radius 1 is 1.36 bits per heavy atom. The average molecular weight is 209 g/mol. The minimum absolute atomic E-state index is 0.396. The maximum atomic E-state index is 11.7. The van der Waals surface area contributed by atoms with Crippen molar-refractivity contribution in [2.45, 2.75) is 18.4 Å². The Hall–Kier alpha value is -1.13. The van der Waals surface area contributed by atoms with Gasteiger partial charge in [0.05, 0.1) is 4.90 Å². The average Bonchev–Trinajstić information content (AvgIpc) is 2.38. The summed E-state index contributed by atoms with van der Waals surface area (Å²) >= 11 is 0. The molecular formula is C10H11NO2S. The summed E-state index contributed by atoms with van der Waals surface area (Å²) < 4.78 is 23.4. The van der Waals surface area contributed by atoms with Crippen molar-refractivity contribution < 1.29 is 8.42 Å². The maximum absolute atomic E-state index is 11.7. The number of allylic oxidation sites excluding steroid dienone is 1. The first-order valence-electron chi connectivity index (χ1n) is 4.32. The molecule has 0 spiro atoms. The van der Waals surface area contributed by atoms with Gasteiger partial charge in [-0.2, -0.15) is 0 Å². The molecule has 1 aliphatic rings. The van der Waals surface area contributed by atoms with Gasteiger partial charge in [0, 0.05) is 11.4 Å². The largest absolute Gasteiger partial charge is 0.326 e. The zero-order chi connectivity index (χ0) is 10.3. The van der Waals surface area contributed by atoms with Crippen molar-refractivity contribution in [3.8, 4) is 0 Å². The van der Waals surface area contributed by atoms with Crippen molar-refractivity contribution in [3.05, 3.63) is 34.2 Å². The van der Waals surface area contributed by atoms with Gasteiger partial charge in [-0.1, -0.05) is 6.07 Å². The molecule has 0 aliphatic carbocycles. The second-order valence-corrected chi connectivity index (χ2v) is 5.43. The van der Waals surface area contributed by atoms with E-state index in [1.54, 1.807) is 25.1 Å². The number of fused-ring (bicyclic) bond motifs is 1. The van der Waals surface area contributed by atoms with Gasteiger partial charge in [0.15, 0.2) is 0 Å². The molecule has 1 aromatic rings. The second kappa shape index (κ2) is 2.93. The molecule has 1 heterocycles. The Balaban J connectivity index is 2.69. The van der Waals surface area contributed by atoms with Crippen LogP contribution in [0.5, 0.6) is 0 Å². The van der Waals surface area contributed by atoms with Crippen molar-refractivity contribution >= 4 is 15.9 Å². The van der Waals surface area contributed by atoms with E-state index in [0.717, 1.165) is 11.1 Å². The third-order valence-electron chi connectivity index (χ3n) is 2.38. The number of nitrogens with two attached hydrogens (primary N) is 1. The Morgan fingerprint density at radius 2 is 2.07 bits per heavy atom. The number of hydrogen-bond acceptors (Lipinski definition) is 3. The summed E-state index contributed by atoms with van der Waals surface area (Å²) in [5, 5.41) is 0. The summed E-state index contributed by atoms with van der Waals surface area (Å²) in [6, 6.07) is 5.20. The molecule has 0 amide bonds. The molecule has 2 N–H and O–H groups in total. The van der Waals surface area contributed by atoms with Crippen LogP contribution in [-0.4, -0.2) is 8.42 Å². The van der Waals surface area contributed by atoms with E-state index in [1.165, 1.54) is 0 Å². The fourth-order valence-corrected chi connectivity index (χ4v) is 2.86. The van der Waals surface area contributed by atoms with Crippen LogP contribution in [0.3, 0.4) is 0 Å². The SMILES string of the molecule is CC1=Cc2cc(CN)ccc2S1(=O)=O. The molecule has 3 nitrogen and oxygen atoms in total. The Kier molecular flexibility index (Phi) is 1.97. The van der Waals surface area contributed by atoms with E-state index in [1.807, 2.05) is 6.07 Å². The van der Waals surface area contributed by atoms with Crippen LogP contribution in [-0.2, 0) is 16.4 Å². The highest BCUT2D eigenvalue weighted by atomic mass is 32.2. The van der Waals surface area contributed by atoms with Crippen LogP contribution < -0.4 is 5.73 Å². The van der Waals surface area contributed by atoms with E-state index >= 15 is 0 Å².